The summed E-state index contributed by atoms with van der Waals surface area (Å²) >= 11 is 0. The monoisotopic (exact) mass is 346 g/mol. The van der Waals surface area contributed by atoms with Crippen molar-refractivity contribution in [3.63, 3.8) is 0 Å². The van der Waals surface area contributed by atoms with E-state index in [4.69, 9.17) is 15.4 Å². The molecule has 1 heterocycles. The molecule has 22 heavy (non-hydrogen) atoms. The van der Waals surface area contributed by atoms with Crippen molar-refractivity contribution in [1.82, 2.24) is 9.80 Å². The Morgan fingerprint density at radius 1 is 1.14 bits per heavy atom. The highest BCUT2D eigenvalue weighted by Crippen LogP contribution is 2.07. The first-order chi connectivity index (χ1) is 10.4. The molecule has 0 unspecified atom stereocenters. The Labute approximate surface area is 135 Å². The molecular formula is C14H19ClN2O4S. The van der Waals surface area contributed by atoms with Crippen LogP contribution in [-0.4, -0.2) is 62.8 Å². The van der Waals surface area contributed by atoms with Crippen molar-refractivity contribution in [1.29, 1.82) is 0 Å². The van der Waals surface area contributed by atoms with Gasteiger partial charge < -0.3 is 9.64 Å². The zero-order chi connectivity index (χ0) is 16.0. The number of benzene rings is 1. The van der Waals surface area contributed by atoms with E-state index in [2.05, 4.69) is 0 Å². The third-order valence-corrected chi connectivity index (χ3v) is 4.62. The van der Waals surface area contributed by atoms with Crippen molar-refractivity contribution in [2.75, 3.05) is 38.5 Å². The molecule has 2 rings (SSSR count). The van der Waals surface area contributed by atoms with E-state index in [1.807, 2.05) is 35.2 Å². The lowest BCUT2D eigenvalue weighted by atomic mass is 10.2. The predicted molar refractivity (Wildman–Crippen MR) is 84.3 cm³/mol. The zero-order valence-electron chi connectivity index (χ0n) is 12.2. The van der Waals surface area contributed by atoms with Crippen molar-refractivity contribution >= 4 is 25.8 Å². The normalized spacial score (nSPS) is 16.5. The number of piperazine rings is 1. The van der Waals surface area contributed by atoms with Crippen LogP contribution >= 0.6 is 10.7 Å². The van der Waals surface area contributed by atoms with Gasteiger partial charge in [-0.25, -0.2) is 13.2 Å². The summed E-state index contributed by atoms with van der Waals surface area (Å²) in [4.78, 5) is 15.6. The molecule has 1 saturated heterocycles. The molecule has 1 aromatic rings. The first-order valence-electron chi connectivity index (χ1n) is 7.04. The average Bonchev–Trinajstić information content (AvgIpc) is 2.51. The predicted octanol–water partition coefficient (Wildman–Crippen LogP) is 1.51. The van der Waals surface area contributed by atoms with Crippen LogP contribution in [0.15, 0.2) is 30.3 Å². The molecule has 6 nitrogen and oxygen atoms in total. The summed E-state index contributed by atoms with van der Waals surface area (Å²) in [6.07, 6.45) is -0.339. The number of hydrogen-bond donors (Lipinski definition) is 0. The van der Waals surface area contributed by atoms with Gasteiger partial charge in [-0.3, -0.25) is 4.90 Å². The first-order valence-corrected chi connectivity index (χ1v) is 9.52. The van der Waals surface area contributed by atoms with Gasteiger partial charge in [-0.1, -0.05) is 30.3 Å². The minimum atomic E-state index is -3.47. The molecule has 0 aromatic heterocycles. The molecule has 1 aliphatic heterocycles. The minimum absolute atomic E-state index is 0.0764. The summed E-state index contributed by atoms with van der Waals surface area (Å²) < 4.78 is 27.1. The molecule has 8 heteroatoms. The van der Waals surface area contributed by atoms with Crippen LogP contribution in [0.1, 0.15) is 5.56 Å². The second-order valence-corrected chi connectivity index (χ2v) is 8.01. The molecule has 0 radical (unpaired) electrons. The van der Waals surface area contributed by atoms with Crippen LogP contribution in [-0.2, 0) is 20.4 Å². The van der Waals surface area contributed by atoms with Gasteiger partial charge in [0.2, 0.25) is 9.05 Å². The summed E-state index contributed by atoms with van der Waals surface area (Å²) in [5.41, 5.74) is 0.946. The molecule has 0 N–H and O–H groups in total. The van der Waals surface area contributed by atoms with E-state index in [1.165, 1.54) is 0 Å². The Morgan fingerprint density at radius 2 is 1.77 bits per heavy atom. The summed E-state index contributed by atoms with van der Waals surface area (Å²) in [5.74, 6) is -0.0764. The molecule has 1 aromatic carbocycles. The Hall–Kier alpha value is -1.31. The number of carbonyl (C=O) groups excluding carboxylic acids is 1. The molecule has 0 saturated carbocycles. The molecule has 0 spiro atoms. The number of halogens is 1. The van der Waals surface area contributed by atoms with Crippen LogP contribution in [0.25, 0.3) is 0 Å². The molecule has 1 fully saturated rings. The Morgan fingerprint density at radius 3 is 2.36 bits per heavy atom. The van der Waals surface area contributed by atoms with Crippen LogP contribution in [0.2, 0.25) is 0 Å². The van der Waals surface area contributed by atoms with Gasteiger partial charge in [0.1, 0.15) is 6.61 Å². The quantitative estimate of drug-likeness (QED) is 0.756. The summed E-state index contributed by atoms with van der Waals surface area (Å²) in [5, 5.41) is 0. The third-order valence-electron chi connectivity index (χ3n) is 3.49. The second kappa shape index (κ2) is 7.80. The maximum atomic E-state index is 12.0. The van der Waals surface area contributed by atoms with E-state index in [-0.39, 0.29) is 18.5 Å². The number of nitrogens with zero attached hydrogens (tertiary/aromatic N) is 2. The van der Waals surface area contributed by atoms with E-state index in [0.717, 1.165) is 5.56 Å². The van der Waals surface area contributed by atoms with Crippen LogP contribution in [0, 0.1) is 0 Å². The van der Waals surface area contributed by atoms with Gasteiger partial charge in [-0.05, 0) is 5.56 Å². The largest absolute Gasteiger partial charge is 0.445 e. The van der Waals surface area contributed by atoms with Crippen molar-refractivity contribution in [2.24, 2.45) is 0 Å². The zero-order valence-corrected chi connectivity index (χ0v) is 13.7. The minimum Gasteiger partial charge on any atom is -0.445 e. The molecule has 122 valence electrons. The van der Waals surface area contributed by atoms with Crippen molar-refractivity contribution in [2.45, 2.75) is 6.61 Å². The average molecular weight is 347 g/mol. The summed E-state index contributed by atoms with van der Waals surface area (Å²) in [6, 6.07) is 9.50. The van der Waals surface area contributed by atoms with Crippen molar-refractivity contribution in [3.8, 4) is 0 Å². The van der Waals surface area contributed by atoms with E-state index < -0.39 is 9.05 Å². The fourth-order valence-electron chi connectivity index (χ4n) is 2.20. The molecular weight excluding hydrogens is 328 g/mol. The van der Waals surface area contributed by atoms with Crippen LogP contribution in [0.3, 0.4) is 0 Å². The van der Waals surface area contributed by atoms with E-state index in [9.17, 15) is 13.2 Å². The Bertz CT molecular complexity index is 586. The molecule has 0 atom stereocenters. The van der Waals surface area contributed by atoms with Crippen LogP contribution in [0.5, 0.6) is 0 Å². The first kappa shape index (κ1) is 17.1. The second-order valence-electron chi connectivity index (χ2n) is 5.11. The topological polar surface area (TPSA) is 66.9 Å². The SMILES string of the molecule is O=C(OCc1ccccc1)N1CCN(CCS(=O)(=O)Cl)CC1. The van der Waals surface area contributed by atoms with Gasteiger partial charge in [0.05, 0.1) is 5.75 Å². The highest BCUT2D eigenvalue weighted by atomic mass is 35.7. The van der Waals surface area contributed by atoms with Gasteiger partial charge in [0.25, 0.3) is 0 Å². The van der Waals surface area contributed by atoms with Gasteiger partial charge in [-0.15, -0.1) is 0 Å². The molecule has 1 amide bonds. The maximum Gasteiger partial charge on any atom is 0.410 e. The number of rotatable bonds is 5. The third kappa shape index (κ3) is 5.82. The molecule has 0 bridgehead atoms. The van der Waals surface area contributed by atoms with Gasteiger partial charge in [-0.2, -0.15) is 0 Å². The summed E-state index contributed by atoms with van der Waals surface area (Å²) in [7, 11) is 1.72. The van der Waals surface area contributed by atoms with Gasteiger partial charge in [0, 0.05) is 43.4 Å². The van der Waals surface area contributed by atoms with E-state index >= 15 is 0 Å². The Kier molecular flexibility index (Phi) is 6.05. The molecule has 1 aliphatic rings. The maximum absolute atomic E-state index is 12.0. The fraction of sp³-hybridized carbons (Fsp3) is 0.500. The lowest BCUT2D eigenvalue weighted by Gasteiger charge is -2.33. The molecule has 0 aliphatic carbocycles. The summed E-state index contributed by atoms with van der Waals surface area (Å²) in [6.45, 7) is 2.93. The van der Waals surface area contributed by atoms with Gasteiger partial charge in [0.15, 0.2) is 0 Å². The smallest absolute Gasteiger partial charge is 0.410 e. The van der Waals surface area contributed by atoms with E-state index in [1.54, 1.807) is 4.90 Å². The lowest BCUT2D eigenvalue weighted by molar-refractivity contribution is 0.0730. The van der Waals surface area contributed by atoms with Crippen LogP contribution in [0.4, 0.5) is 4.79 Å². The number of carbonyl (C=O) groups is 1. The number of ether oxygens (including phenoxy) is 1. The van der Waals surface area contributed by atoms with Crippen molar-refractivity contribution in [3.05, 3.63) is 35.9 Å². The van der Waals surface area contributed by atoms with Crippen LogP contribution < -0.4 is 0 Å². The Balaban J connectivity index is 1.71. The number of hydrogen-bond acceptors (Lipinski definition) is 5. The van der Waals surface area contributed by atoms with Crippen molar-refractivity contribution < 1.29 is 17.9 Å². The highest BCUT2D eigenvalue weighted by molar-refractivity contribution is 8.13. The van der Waals surface area contributed by atoms with Gasteiger partial charge >= 0.3 is 6.09 Å². The fourth-order valence-corrected chi connectivity index (χ4v) is 2.89. The lowest BCUT2D eigenvalue weighted by Crippen LogP contribution is -2.49. The standard InChI is InChI=1S/C14H19ClN2O4S/c15-22(19,20)11-10-16-6-8-17(9-7-16)14(18)21-12-13-4-2-1-3-5-13/h1-5H,6-12H2. The number of amides is 1. The van der Waals surface area contributed by atoms with E-state index in [0.29, 0.717) is 32.7 Å². The highest BCUT2D eigenvalue weighted by Gasteiger charge is 2.22.